The van der Waals surface area contributed by atoms with E-state index in [0.717, 1.165) is 12.5 Å². The molecule has 0 saturated heterocycles. The van der Waals surface area contributed by atoms with Crippen LogP contribution < -0.4 is 5.32 Å². The van der Waals surface area contributed by atoms with Crippen molar-refractivity contribution in [3.05, 3.63) is 59.5 Å². The second-order valence-corrected chi connectivity index (χ2v) is 5.28. The number of hydrogen-bond acceptors (Lipinski definition) is 2. The van der Waals surface area contributed by atoms with Crippen molar-refractivity contribution in [1.29, 1.82) is 0 Å². The number of amides is 1. The lowest BCUT2D eigenvalue weighted by Gasteiger charge is -2.11. The van der Waals surface area contributed by atoms with Crippen LogP contribution in [0.25, 0.3) is 11.1 Å². The van der Waals surface area contributed by atoms with E-state index in [-0.39, 0.29) is 12.5 Å². The molecular weight excluding hydrogens is 302 g/mol. The van der Waals surface area contributed by atoms with Gasteiger partial charge >= 0.3 is 0 Å². The minimum Gasteiger partial charge on any atom is -0.463 e. The fourth-order valence-corrected chi connectivity index (χ4v) is 2.48. The highest BCUT2D eigenvalue weighted by molar-refractivity contribution is 5.97. The summed E-state index contributed by atoms with van der Waals surface area (Å²) in [5.74, 6) is -1.52. The van der Waals surface area contributed by atoms with E-state index in [1.807, 2.05) is 6.92 Å². The van der Waals surface area contributed by atoms with E-state index in [9.17, 15) is 13.6 Å². The molecule has 1 aromatic carbocycles. The quantitative estimate of drug-likeness (QED) is 0.780. The van der Waals surface area contributed by atoms with Crippen molar-refractivity contribution in [3.8, 4) is 0 Å². The van der Waals surface area contributed by atoms with Gasteiger partial charge in [0.25, 0.3) is 5.91 Å². The first-order chi connectivity index (χ1) is 11.1. The molecule has 0 saturated carbocycles. The van der Waals surface area contributed by atoms with Crippen molar-refractivity contribution in [3.63, 3.8) is 0 Å². The van der Waals surface area contributed by atoms with Gasteiger partial charge in [-0.05, 0) is 12.5 Å². The van der Waals surface area contributed by atoms with E-state index < -0.39 is 11.6 Å². The zero-order valence-electron chi connectivity index (χ0n) is 12.6. The lowest BCUT2D eigenvalue weighted by Crippen LogP contribution is -2.26. The maximum atomic E-state index is 13.9. The zero-order chi connectivity index (χ0) is 16.4. The third kappa shape index (κ3) is 2.97. The molecule has 0 unspecified atom stereocenters. The molecule has 2 aromatic heterocycles. The molecule has 1 N–H and O–H groups in total. The summed E-state index contributed by atoms with van der Waals surface area (Å²) in [6, 6.07) is 6.76. The Morgan fingerprint density at radius 2 is 2.09 bits per heavy atom. The van der Waals surface area contributed by atoms with Gasteiger partial charge in [-0.3, -0.25) is 4.79 Å². The molecule has 4 nitrogen and oxygen atoms in total. The summed E-state index contributed by atoms with van der Waals surface area (Å²) < 4.78 is 34.0. The molecule has 0 aliphatic heterocycles. The lowest BCUT2D eigenvalue weighted by atomic mass is 10.2. The first-order valence-corrected chi connectivity index (χ1v) is 7.39. The fourth-order valence-electron chi connectivity index (χ4n) is 2.48. The Hall–Kier alpha value is -2.63. The van der Waals surface area contributed by atoms with Gasteiger partial charge in [0, 0.05) is 30.3 Å². The predicted octanol–water partition coefficient (Wildman–Crippen LogP) is 3.70. The average molecular weight is 318 g/mol. The van der Waals surface area contributed by atoms with Gasteiger partial charge in [0.05, 0.1) is 18.3 Å². The zero-order valence-corrected chi connectivity index (χ0v) is 12.6. The first kappa shape index (κ1) is 15.3. The molecule has 23 heavy (non-hydrogen) atoms. The van der Waals surface area contributed by atoms with Crippen LogP contribution in [-0.4, -0.2) is 17.0 Å². The number of carbonyl (C=O) groups is 1. The number of carbonyl (C=O) groups excluding carboxylic acids is 1. The highest BCUT2D eigenvalue weighted by Gasteiger charge is 2.18. The topological polar surface area (TPSA) is 47.2 Å². The molecule has 1 amide bonds. The Kier molecular flexibility index (Phi) is 4.14. The molecule has 3 rings (SSSR count). The predicted molar refractivity (Wildman–Crippen MR) is 82.3 cm³/mol. The Morgan fingerprint density at radius 1 is 1.26 bits per heavy atom. The van der Waals surface area contributed by atoms with Crippen LogP contribution in [0.4, 0.5) is 8.78 Å². The standard InChI is InChI=1S/C17H16F2N2O2/c1-2-6-20-17(22)15-9-16-14(5-7-23-16)21(15)10-11-3-4-12(18)8-13(11)19/h3-5,7-9H,2,6,10H2,1H3,(H,20,22). The van der Waals surface area contributed by atoms with Crippen LogP contribution in [0.3, 0.4) is 0 Å². The normalized spacial score (nSPS) is 11.1. The number of nitrogens with one attached hydrogen (secondary N) is 1. The largest absolute Gasteiger partial charge is 0.463 e. The molecule has 0 fully saturated rings. The summed E-state index contributed by atoms with van der Waals surface area (Å²) in [6.45, 7) is 2.62. The second kappa shape index (κ2) is 6.24. The van der Waals surface area contributed by atoms with Gasteiger partial charge in [-0.1, -0.05) is 13.0 Å². The van der Waals surface area contributed by atoms with Crippen molar-refractivity contribution >= 4 is 17.0 Å². The van der Waals surface area contributed by atoms with Gasteiger partial charge in [0.1, 0.15) is 17.3 Å². The van der Waals surface area contributed by atoms with Crippen molar-refractivity contribution in [2.75, 3.05) is 6.54 Å². The first-order valence-electron chi connectivity index (χ1n) is 7.39. The summed E-state index contributed by atoms with van der Waals surface area (Å²) in [7, 11) is 0. The number of fused-ring (bicyclic) bond motifs is 1. The summed E-state index contributed by atoms with van der Waals surface area (Å²) in [6.07, 6.45) is 2.32. The van der Waals surface area contributed by atoms with Crippen LogP contribution in [0.5, 0.6) is 0 Å². The van der Waals surface area contributed by atoms with Crippen LogP contribution in [0.2, 0.25) is 0 Å². The molecule has 3 aromatic rings. The molecule has 0 spiro atoms. The monoisotopic (exact) mass is 318 g/mol. The smallest absolute Gasteiger partial charge is 0.268 e. The van der Waals surface area contributed by atoms with E-state index in [1.54, 1.807) is 16.7 Å². The van der Waals surface area contributed by atoms with Gasteiger partial charge < -0.3 is 14.3 Å². The Balaban J connectivity index is 2.00. The van der Waals surface area contributed by atoms with Crippen molar-refractivity contribution in [2.45, 2.75) is 19.9 Å². The maximum absolute atomic E-state index is 13.9. The number of benzene rings is 1. The lowest BCUT2D eigenvalue weighted by molar-refractivity contribution is 0.0945. The van der Waals surface area contributed by atoms with Gasteiger partial charge in [0.15, 0.2) is 5.58 Å². The average Bonchev–Trinajstić information content (AvgIpc) is 3.09. The summed E-state index contributed by atoms with van der Waals surface area (Å²) >= 11 is 0. The van der Waals surface area contributed by atoms with E-state index in [0.29, 0.717) is 28.9 Å². The summed E-state index contributed by atoms with van der Waals surface area (Å²) in [5.41, 5.74) is 1.93. The van der Waals surface area contributed by atoms with Gasteiger partial charge in [-0.2, -0.15) is 0 Å². The Morgan fingerprint density at radius 3 is 2.83 bits per heavy atom. The number of furan rings is 1. The molecule has 2 heterocycles. The third-order valence-corrected chi connectivity index (χ3v) is 3.63. The van der Waals surface area contributed by atoms with E-state index in [4.69, 9.17) is 4.42 Å². The SMILES string of the molecule is CCCNC(=O)c1cc2occc2n1Cc1ccc(F)cc1F. The summed E-state index contributed by atoms with van der Waals surface area (Å²) in [4.78, 5) is 12.3. The van der Waals surface area contributed by atoms with E-state index in [1.165, 1.54) is 18.4 Å². The van der Waals surface area contributed by atoms with E-state index >= 15 is 0 Å². The van der Waals surface area contributed by atoms with Crippen molar-refractivity contribution < 1.29 is 18.0 Å². The van der Waals surface area contributed by atoms with E-state index in [2.05, 4.69) is 5.32 Å². The van der Waals surface area contributed by atoms with Crippen molar-refractivity contribution in [1.82, 2.24) is 9.88 Å². The highest BCUT2D eigenvalue weighted by atomic mass is 19.1. The van der Waals surface area contributed by atoms with Gasteiger partial charge in [-0.15, -0.1) is 0 Å². The molecule has 0 bridgehead atoms. The van der Waals surface area contributed by atoms with Crippen LogP contribution in [-0.2, 0) is 6.54 Å². The van der Waals surface area contributed by atoms with Crippen LogP contribution in [0, 0.1) is 11.6 Å². The number of hydrogen-bond donors (Lipinski definition) is 1. The number of rotatable bonds is 5. The molecule has 0 aliphatic rings. The summed E-state index contributed by atoms with van der Waals surface area (Å²) in [5, 5.41) is 2.79. The van der Waals surface area contributed by atoms with Gasteiger partial charge in [0.2, 0.25) is 0 Å². The number of aromatic nitrogens is 1. The molecule has 6 heteroatoms. The number of nitrogens with zero attached hydrogens (tertiary/aromatic N) is 1. The second-order valence-electron chi connectivity index (χ2n) is 5.28. The minimum atomic E-state index is -0.643. The Labute approximate surface area is 131 Å². The van der Waals surface area contributed by atoms with Crippen LogP contribution in [0.15, 0.2) is 41.0 Å². The minimum absolute atomic E-state index is 0.115. The highest BCUT2D eigenvalue weighted by Crippen LogP contribution is 2.23. The van der Waals surface area contributed by atoms with Crippen LogP contribution >= 0.6 is 0 Å². The molecule has 120 valence electrons. The third-order valence-electron chi connectivity index (χ3n) is 3.63. The maximum Gasteiger partial charge on any atom is 0.268 e. The van der Waals surface area contributed by atoms with Gasteiger partial charge in [-0.25, -0.2) is 8.78 Å². The Bertz CT molecular complexity index is 852. The molecule has 0 atom stereocenters. The number of halogens is 2. The van der Waals surface area contributed by atoms with Crippen molar-refractivity contribution in [2.24, 2.45) is 0 Å². The molecule has 0 aliphatic carbocycles. The van der Waals surface area contributed by atoms with Crippen LogP contribution in [0.1, 0.15) is 29.4 Å². The fraction of sp³-hybridized carbons (Fsp3) is 0.235. The molecule has 0 radical (unpaired) electrons. The molecular formula is C17H16F2N2O2.